The molecule has 1 radical (unpaired) electrons. The fourth-order valence-corrected chi connectivity index (χ4v) is 4.28. The number of aromatic nitrogens is 1. The molecule has 0 amide bonds. The summed E-state index contributed by atoms with van der Waals surface area (Å²) in [4.78, 5) is 3.63. The molecule has 0 fully saturated rings. The molecule has 1 nitrogen and oxygen atoms in total. The lowest BCUT2D eigenvalue weighted by molar-refractivity contribution is -0.348. The van der Waals surface area contributed by atoms with Crippen LogP contribution in [-0.2, 0) is 5.67 Å². The molecule has 0 unspecified atom stereocenters. The van der Waals surface area contributed by atoms with Crippen molar-refractivity contribution in [2.75, 3.05) is 0 Å². The lowest BCUT2D eigenvalue weighted by Crippen LogP contribution is -2.50. The highest BCUT2D eigenvalue weighted by atomic mass is 127. The van der Waals surface area contributed by atoms with Gasteiger partial charge in [-0.15, -0.1) is 0 Å². The van der Waals surface area contributed by atoms with Crippen LogP contribution in [0, 0.1) is 13.2 Å². The van der Waals surface area contributed by atoms with Gasteiger partial charge in [0.15, 0.2) is 0 Å². The van der Waals surface area contributed by atoms with E-state index in [0.717, 1.165) is 6.07 Å². The number of alkyl halides is 7. The maximum atomic E-state index is 14.6. The molecule has 2 rings (SSSR count). The summed E-state index contributed by atoms with van der Waals surface area (Å²) < 4.78 is 93.5. The first-order valence-corrected chi connectivity index (χ1v) is 8.69. The second-order valence-electron chi connectivity index (χ2n) is 4.72. The van der Waals surface area contributed by atoms with Crippen LogP contribution in [0.4, 0.5) is 30.7 Å². The maximum Gasteiger partial charge on any atom is 0.435 e. The molecule has 0 aliphatic carbocycles. The van der Waals surface area contributed by atoms with Crippen molar-refractivity contribution >= 4 is 56.8 Å². The molecule has 0 aliphatic rings. The number of hydrogen-bond donors (Lipinski definition) is 0. The largest absolute Gasteiger partial charge is 0.435 e. The Hall–Kier alpha value is -0.370. The highest BCUT2D eigenvalue weighted by Gasteiger charge is 2.74. The molecule has 0 spiro atoms. The number of nitrogens with zero attached hydrogens (tertiary/aromatic N) is 1. The van der Waals surface area contributed by atoms with E-state index in [0.29, 0.717) is 6.07 Å². The van der Waals surface area contributed by atoms with Crippen molar-refractivity contribution in [2.24, 2.45) is 0 Å². The number of pyridine rings is 1. The summed E-state index contributed by atoms with van der Waals surface area (Å²) in [6, 6.07) is 5.45. The van der Waals surface area contributed by atoms with Gasteiger partial charge in [-0.25, -0.2) is 9.37 Å². The third kappa shape index (κ3) is 3.70. The Bertz CT molecular complexity index is 791. The Labute approximate surface area is 169 Å². The van der Waals surface area contributed by atoms with Crippen molar-refractivity contribution in [3.05, 3.63) is 48.3 Å². The second-order valence-corrected chi connectivity index (χ2v) is 7.31. The zero-order chi connectivity index (χ0) is 19.2. The van der Waals surface area contributed by atoms with Crippen LogP contribution in [0.2, 0.25) is 5.15 Å². The van der Waals surface area contributed by atoms with E-state index in [9.17, 15) is 30.7 Å². The van der Waals surface area contributed by atoms with Gasteiger partial charge in [0.05, 0.1) is 0 Å². The van der Waals surface area contributed by atoms with E-state index in [2.05, 4.69) is 11.1 Å². The summed E-state index contributed by atoms with van der Waals surface area (Å²) in [5.74, 6) is 0. The van der Waals surface area contributed by atoms with Crippen molar-refractivity contribution in [1.29, 1.82) is 0 Å². The van der Waals surface area contributed by atoms with Crippen LogP contribution in [0.3, 0.4) is 0 Å². The predicted molar refractivity (Wildman–Crippen MR) is 93.8 cm³/mol. The van der Waals surface area contributed by atoms with Gasteiger partial charge < -0.3 is 0 Å². The molecule has 0 saturated carbocycles. The molecule has 0 N–H and O–H groups in total. The Kier molecular flexibility index (Phi) is 5.85. The van der Waals surface area contributed by atoms with Gasteiger partial charge in [0, 0.05) is 36.1 Å². The van der Waals surface area contributed by atoms with Crippen molar-refractivity contribution in [1.82, 2.24) is 4.98 Å². The van der Waals surface area contributed by atoms with Gasteiger partial charge in [-0.05, 0) is 63.4 Å². The van der Waals surface area contributed by atoms with Crippen LogP contribution in [0.5, 0.6) is 0 Å². The number of hydrogen-bond acceptors (Lipinski definition) is 1. The fraction of sp³-hybridized carbons (Fsp3) is 0.214. The highest BCUT2D eigenvalue weighted by molar-refractivity contribution is 14.1. The Morgan fingerprint density at radius 3 is 2.04 bits per heavy atom. The zero-order valence-electron chi connectivity index (χ0n) is 11.5. The quantitative estimate of drug-likeness (QED) is 0.210. The van der Waals surface area contributed by atoms with Gasteiger partial charge in [-0.3, -0.25) is 0 Å². The second kappa shape index (κ2) is 6.98. The Morgan fingerprint density at radius 1 is 1.00 bits per heavy atom. The summed E-state index contributed by atoms with van der Waals surface area (Å²) in [6.45, 7) is 0. The number of rotatable bonds is 2. The summed E-state index contributed by atoms with van der Waals surface area (Å²) >= 11 is 8.75. The van der Waals surface area contributed by atoms with E-state index in [1.807, 2.05) is 0 Å². The number of halogens is 10. The van der Waals surface area contributed by atoms with E-state index in [-0.39, 0.29) is 17.9 Å². The van der Waals surface area contributed by atoms with Crippen molar-refractivity contribution in [3.8, 4) is 11.1 Å². The average molecular weight is 608 g/mol. The predicted octanol–water partition coefficient (Wildman–Crippen LogP) is 6.70. The lowest BCUT2D eigenvalue weighted by atomic mass is 9.87. The van der Waals surface area contributed by atoms with Gasteiger partial charge in [0.2, 0.25) is 0 Å². The highest BCUT2D eigenvalue weighted by Crippen LogP contribution is 2.56. The molecular weight excluding hydrogens is 604 g/mol. The minimum atomic E-state index is -6.23. The molecule has 1 aromatic heterocycles. The van der Waals surface area contributed by atoms with Crippen LogP contribution in [-0.4, -0.2) is 17.3 Å². The van der Waals surface area contributed by atoms with E-state index < -0.39 is 29.1 Å². The monoisotopic (exact) mass is 608 g/mol. The topological polar surface area (TPSA) is 12.9 Å². The summed E-state index contributed by atoms with van der Waals surface area (Å²) in [5.41, 5.74) is -8.10. The lowest BCUT2D eigenvalue weighted by Gasteiger charge is -2.32. The molecule has 0 saturated heterocycles. The summed E-state index contributed by atoms with van der Waals surface area (Å²) in [5, 5.41) is -0.358. The Morgan fingerprint density at radius 2 is 1.56 bits per heavy atom. The van der Waals surface area contributed by atoms with Gasteiger partial charge in [-0.1, -0.05) is 11.6 Å². The molecule has 0 bridgehead atoms. The molecule has 0 atom stereocenters. The van der Waals surface area contributed by atoms with Crippen LogP contribution >= 0.6 is 56.8 Å². The van der Waals surface area contributed by atoms with Gasteiger partial charge >= 0.3 is 18.0 Å². The van der Waals surface area contributed by atoms with Crippen LogP contribution in [0.1, 0.15) is 5.56 Å². The first kappa shape index (κ1) is 20.9. The Balaban J connectivity index is 2.97. The third-order valence-electron chi connectivity index (χ3n) is 3.17. The standard InChI is InChI=1S/C14H4ClF7I2N/c15-11-7(2-1-3-25-11)10-8(4-6(23)5-9(10)24)12(16,13(17,18)19)14(20,21)22/h1-4H. The summed E-state index contributed by atoms with van der Waals surface area (Å²) in [7, 11) is 0. The fourth-order valence-electron chi connectivity index (χ4n) is 2.09. The summed E-state index contributed by atoms with van der Waals surface area (Å²) in [6.07, 6.45) is -11.3. The van der Waals surface area contributed by atoms with Gasteiger partial charge in [0.25, 0.3) is 0 Å². The third-order valence-corrected chi connectivity index (χ3v) is 4.86. The van der Waals surface area contributed by atoms with E-state index in [4.69, 9.17) is 11.6 Å². The average Bonchev–Trinajstić information content (AvgIpc) is 2.44. The SMILES string of the molecule is FC(F)(F)C(F)(c1cc(I)[c]c(I)c1-c1cccnc1Cl)C(F)(F)F. The minimum absolute atomic E-state index is 0.115. The van der Waals surface area contributed by atoms with E-state index in [1.54, 1.807) is 0 Å². The smallest absolute Gasteiger partial charge is 0.244 e. The molecule has 25 heavy (non-hydrogen) atoms. The van der Waals surface area contributed by atoms with Crippen molar-refractivity contribution < 1.29 is 30.7 Å². The molecule has 1 aromatic carbocycles. The van der Waals surface area contributed by atoms with Crippen LogP contribution < -0.4 is 0 Å². The first-order chi connectivity index (χ1) is 11.3. The molecule has 11 heteroatoms. The zero-order valence-corrected chi connectivity index (χ0v) is 16.6. The van der Waals surface area contributed by atoms with Gasteiger partial charge in [-0.2, -0.15) is 26.3 Å². The van der Waals surface area contributed by atoms with Crippen LogP contribution in [0.15, 0.2) is 24.4 Å². The van der Waals surface area contributed by atoms with E-state index >= 15 is 0 Å². The normalized spacial score (nSPS) is 13.2. The maximum absolute atomic E-state index is 14.6. The van der Waals surface area contributed by atoms with Crippen LogP contribution in [0.25, 0.3) is 11.1 Å². The molecule has 0 aliphatic heterocycles. The first-order valence-electron chi connectivity index (χ1n) is 6.15. The van der Waals surface area contributed by atoms with Crippen molar-refractivity contribution in [2.45, 2.75) is 18.0 Å². The minimum Gasteiger partial charge on any atom is -0.244 e. The molecular formula is C14H4ClF7I2N. The molecule has 2 aromatic rings. The molecule has 135 valence electrons. The van der Waals surface area contributed by atoms with Gasteiger partial charge in [0.1, 0.15) is 5.15 Å². The van der Waals surface area contributed by atoms with Crippen molar-refractivity contribution in [3.63, 3.8) is 0 Å². The molecule has 1 heterocycles. The van der Waals surface area contributed by atoms with E-state index in [1.165, 1.54) is 57.4 Å². The number of benzene rings is 1.